The quantitative estimate of drug-likeness (QED) is 0.612. The SMILES string of the molecule is CC(C)c1ccc(C2C(C(=O)c3ccco3)=C(O)C(=O)N2c2ccccc2)cc1. The Bertz CT molecular complexity index is 1060. The van der Waals surface area contributed by atoms with Gasteiger partial charge in [0.25, 0.3) is 5.91 Å². The Morgan fingerprint density at radius 2 is 1.69 bits per heavy atom. The molecule has 0 saturated heterocycles. The largest absolute Gasteiger partial charge is 0.503 e. The lowest BCUT2D eigenvalue weighted by molar-refractivity contribution is -0.117. The molecule has 1 aromatic heterocycles. The third-order valence-corrected chi connectivity index (χ3v) is 5.15. The molecule has 2 aromatic carbocycles. The highest BCUT2D eigenvalue weighted by molar-refractivity contribution is 6.20. The van der Waals surface area contributed by atoms with E-state index < -0.39 is 23.5 Å². The van der Waals surface area contributed by atoms with Gasteiger partial charge in [-0.1, -0.05) is 56.3 Å². The molecular weight excluding hydrogens is 366 g/mol. The van der Waals surface area contributed by atoms with Gasteiger partial charge in [-0.2, -0.15) is 0 Å². The highest BCUT2D eigenvalue weighted by Crippen LogP contribution is 2.42. The molecule has 1 aliphatic rings. The number of aliphatic hydroxyl groups is 1. The molecule has 0 radical (unpaired) electrons. The van der Waals surface area contributed by atoms with E-state index in [1.807, 2.05) is 42.5 Å². The average molecular weight is 387 g/mol. The molecule has 2 heterocycles. The number of benzene rings is 2. The van der Waals surface area contributed by atoms with E-state index in [1.165, 1.54) is 17.2 Å². The van der Waals surface area contributed by atoms with Crippen molar-refractivity contribution in [3.63, 3.8) is 0 Å². The first-order valence-electron chi connectivity index (χ1n) is 9.49. The molecule has 1 unspecified atom stereocenters. The van der Waals surface area contributed by atoms with E-state index in [9.17, 15) is 14.7 Å². The monoisotopic (exact) mass is 387 g/mol. The van der Waals surface area contributed by atoms with Crippen molar-refractivity contribution in [1.82, 2.24) is 0 Å². The molecule has 29 heavy (non-hydrogen) atoms. The molecule has 0 fully saturated rings. The second-order valence-corrected chi connectivity index (χ2v) is 7.30. The number of nitrogens with zero attached hydrogens (tertiary/aromatic N) is 1. The lowest BCUT2D eigenvalue weighted by Gasteiger charge is -2.27. The first-order chi connectivity index (χ1) is 14.0. The number of hydrogen-bond donors (Lipinski definition) is 1. The molecule has 5 nitrogen and oxygen atoms in total. The molecule has 1 aliphatic heterocycles. The third-order valence-electron chi connectivity index (χ3n) is 5.15. The Balaban J connectivity index is 1.86. The summed E-state index contributed by atoms with van der Waals surface area (Å²) >= 11 is 0. The maximum absolute atomic E-state index is 13.1. The van der Waals surface area contributed by atoms with Crippen LogP contribution in [0.25, 0.3) is 0 Å². The first-order valence-corrected chi connectivity index (χ1v) is 9.49. The number of furan rings is 1. The smallest absolute Gasteiger partial charge is 0.294 e. The number of amides is 1. The Labute approximate surface area is 168 Å². The summed E-state index contributed by atoms with van der Waals surface area (Å²) in [5.41, 5.74) is 2.51. The van der Waals surface area contributed by atoms with Gasteiger partial charge in [-0.3, -0.25) is 14.5 Å². The topological polar surface area (TPSA) is 70.7 Å². The Hall–Kier alpha value is -3.60. The molecule has 3 aromatic rings. The van der Waals surface area contributed by atoms with Crippen molar-refractivity contribution >= 4 is 17.4 Å². The first kappa shape index (κ1) is 18.7. The molecule has 5 heteroatoms. The van der Waals surface area contributed by atoms with Crippen molar-refractivity contribution in [3.8, 4) is 0 Å². The normalized spacial score (nSPS) is 16.7. The summed E-state index contributed by atoms with van der Waals surface area (Å²) in [4.78, 5) is 27.5. The van der Waals surface area contributed by atoms with E-state index >= 15 is 0 Å². The second-order valence-electron chi connectivity index (χ2n) is 7.30. The van der Waals surface area contributed by atoms with Crippen LogP contribution < -0.4 is 4.90 Å². The summed E-state index contributed by atoms with van der Waals surface area (Å²) in [6, 6.07) is 19.2. The maximum atomic E-state index is 13.1. The standard InChI is InChI=1S/C24H21NO4/c1-15(2)16-10-12-17(13-11-16)21-20(22(26)19-9-6-14-29-19)23(27)24(28)25(21)18-7-4-3-5-8-18/h3-15,21,27H,1-2H3. The highest BCUT2D eigenvalue weighted by atomic mass is 16.3. The van der Waals surface area contributed by atoms with E-state index in [2.05, 4.69) is 13.8 Å². The van der Waals surface area contributed by atoms with E-state index in [1.54, 1.807) is 18.2 Å². The predicted molar refractivity (Wildman–Crippen MR) is 110 cm³/mol. The van der Waals surface area contributed by atoms with E-state index in [0.29, 0.717) is 11.6 Å². The van der Waals surface area contributed by atoms with Gasteiger partial charge in [0, 0.05) is 5.69 Å². The fraction of sp³-hybridized carbons (Fsp3) is 0.167. The van der Waals surface area contributed by atoms with Crippen molar-refractivity contribution in [1.29, 1.82) is 0 Å². The number of hydrogen-bond acceptors (Lipinski definition) is 4. The van der Waals surface area contributed by atoms with Crippen molar-refractivity contribution < 1.29 is 19.1 Å². The van der Waals surface area contributed by atoms with Crippen LogP contribution in [0.5, 0.6) is 0 Å². The van der Waals surface area contributed by atoms with Crippen LogP contribution >= 0.6 is 0 Å². The van der Waals surface area contributed by atoms with Gasteiger partial charge in [0.1, 0.15) is 0 Å². The Kier molecular flexibility index (Phi) is 4.80. The predicted octanol–water partition coefficient (Wildman–Crippen LogP) is 5.19. The van der Waals surface area contributed by atoms with Crippen LogP contribution in [0.1, 0.15) is 47.5 Å². The van der Waals surface area contributed by atoms with Gasteiger partial charge in [-0.15, -0.1) is 0 Å². The number of aliphatic hydroxyl groups excluding tert-OH is 1. The van der Waals surface area contributed by atoms with Gasteiger partial charge in [0.15, 0.2) is 11.5 Å². The van der Waals surface area contributed by atoms with Gasteiger partial charge in [-0.25, -0.2) is 0 Å². The number of Topliss-reactive ketones (excluding diaryl/α,β-unsaturated/α-hetero) is 1. The molecule has 0 aliphatic carbocycles. The Morgan fingerprint density at radius 3 is 2.28 bits per heavy atom. The molecule has 0 bridgehead atoms. The number of carbonyl (C=O) groups excluding carboxylic acids is 2. The minimum Gasteiger partial charge on any atom is -0.503 e. The number of para-hydroxylation sites is 1. The van der Waals surface area contributed by atoms with Gasteiger partial charge >= 0.3 is 0 Å². The molecule has 1 amide bonds. The zero-order valence-electron chi connectivity index (χ0n) is 16.2. The molecule has 1 N–H and O–H groups in total. The number of rotatable bonds is 5. The highest BCUT2D eigenvalue weighted by Gasteiger charge is 2.45. The van der Waals surface area contributed by atoms with E-state index in [-0.39, 0.29) is 11.3 Å². The molecule has 1 atom stereocenters. The molecule has 4 rings (SSSR count). The average Bonchev–Trinajstić information content (AvgIpc) is 3.36. The van der Waals surface area contributed by atoms with Gasteiger partial charge < -0.3 is 9.52 Å². The summed E-state index contributed by atoms with van der Waals surface area (Å²) in [7, 11) is 0. The zero-order valence-corrected chi connectivity index (χ0v) is 16.2. The van der Waals surface area contributed by atoms with Crippen molar-refractivity contribution in [2.75, 3.05) is 4.90 Å². The van der Waals surface area contributed by atoms with Crippen LogP contribution in [0.3, 0.4) is 0 Å². The minimum absolute atomic E-state index is 0.0195. The molecular formula is C24H21NO4. The van der Waals surface area contributed by atoms with Crippen LogP contribution in [0.2, 0.25) is 0 Å². The summed E-state index contributed by atoms with van der Waals surface area (Å²) in [5.74, 6) is -1.22. The maximum Gasteiger partial charge on any atom is 0.294 e. The van der Waals surface area contributed by atoms with Gasteiger partial charge in [0.2, 0.25) is 5.78 Å². The summed E-state index contributed by atoms with van der Waals surface area (Å²) in [5, 5.41) is 10.7. The van der Waals surface area contributed by atoms with E-state index in [4.69, 9.17) is 4.42 Å². The number of anilines is 1. The van der Waals surface area contributed by atoms with Crippen molar-refractivity contribution in [2.24, 2.45) is 0 Å². The van der Waals surface area contributed by atoms with Gasteiger partial charge in [-0.05, 0) is 41.3 Å². The van der Waals surface area contributed by atoms with Crippen molar-refractivity contribution in [3.05, 3.63) is 101 Å². The minimum atomic E-state index is -0.747. The molecule has 0 saturated carbocycles. The summed E-state index contributed by atoms with van der Waals surface area (Å²) in [6.45, 7) is 4.20. The van der Waals surface area contributed by atoms with Crippen LogP contribution in [0.15, 0.2) is 88.7 Å². The fourth-order valence-corrected chi connectivity index (χ4v) is 3.61. The zero-order chi connectivity index (χ0) is 20.5. The summed E-state index contributed by atoms with van der Waals surface area (Å²) in [6.07, 6.45) is 1.39. The van der Waals surface area contributed by atoms with Crippen molar-refractivity contribution in [2.45, 2.75) is 25.8 Å². The number of ketones is 1. The van der Waals surface area contributed by atoms with Crippen LogP contribution in [-0.2, 0) is 4.79 Å². The second kappa shape index (κ2) is 7.43. The van der Waals surface area contributed by atoms with Crippen LogP contribution in [0.4, 0.5) is 5.69 Å². The lowest BCUT2D eigenvalue weighted by Crippen LogP contribution is -2.31. The summed E-state index contributed by atoms with van der Waals surface area (Å²) < 4.78 is 5.24. The fourth-order valence-electron chi connectivity index (χ4n) is 3.61. The third kappa shape index (κ3) is 3.25. The van der Waals surface area contributed by atoms with Crippen LogP contribution in [-0.4, -0.2) is 16.8 Å². The van der Waals surface area contributed by atoms with E-state index in [0.717, 1.165) is 11.1 Å². The number of carbonyl (C=O) groups is 2. The Morgan fingerprint density at radius 1 is 1.00 bits per heavy atom. The van der Waals surface area contributed by atoms with Gasteiger partial charge in [0.05, 0.1) is 17.9 Å². The molecule has 0 spiro atoms. The lowest BCUT2D eigenvalue weighted by atomic mass is 9.92. The molecule has 146 valence electrons. The van der Waals surface area contributed by atoms with Crippen LogP contribution in [0, 0.1) is 0 Å².